The van der Waals surface area contributed by atoms with Gasteiger partial charge in [-0.05, 0) is 243 Å². The molecule has 0 aliphatic carbocycles. The number of anilines is 6. The summed E-state index contributed by atoms with van der Waals surface area (Å²) in [5.41, 5.74) is 35.4. The van der Waals surface area contributed by atoms with Crippen LogP contribution in [-0.4, -0.2) is 11.3 Å². The lowest BCUT2D eigenvalue weighted by Gasteiger charge is -2.46. The van der Waals surface area contributed by atoms with E-state index in [-0.39, 0.29) is 33.8 Å². The van der Waals surface area contributed by atoms with E-state index in [1.54, 1.807) is 0 Å². The maximum absolute atomic E-state index is 7.13. The number of benzene rings is 17. The average molecular weight is 1720 g/mol. The number of rotatable bonds is 9. The molecule has 24 rings (SSSR count). The van der Waals surface area contributed by atoms with Gasteiger partial charge in [0.1, 0.15) is 22.3 Å². The van der Waals surface area contributed by atoms with Crippen LogP contribution in [0, 0.1) is 0 Å². The van der Waals surface area contributed by atoms with E-state index in [1.807, 2.05) is 22.7 Å². The third kappa shape index (κ3) is 12.5. The lowest BCUT2D eigenvalue weighted by atomic mass is 9.33. The Morgan fingerprint density at radius 3 is 1.10 bits per heavy atom. The summed E-state index contributed by atoms with van der Waals surface area (Å²) in [4.78, 5) is 5.61. The van der Waals surface area contributed by atoms with Crippen molar-refractivity contribution in [1.82, 2.24) is 4.57 Å². The first kappa shape index (κ1) is 79.6. The van der Waals surface area contributed by atoms with E-state index in [2.05, 4.69) is 452 Å². The molecule has 0 spiro atoms. The monoisotopic (exact) mass is 1710 g/mol. The molecule has 22 aromatic rings. The van der Waals surface area contributed by atoms with Crippen LogP contribution in [0.4, 0.5) is 34.1 Å². The third-order valence-electron chi connectivity index (χ3n) is 28.1. The molecule has 0 N–H and O–H groups in total. The summed E-state index contributed by atoms with van der Waals surface area (Å²) in [5, 5.41) is 11.7. The lowest BCUT2D eigenvalue weighted by Crippen LogP contribution is -2.61. The van der Waals surface area contributed by atoms with Crippen LogP contribution in [0.3, 0.4) is 0 Å². The molecule has 2 aliphatic rings. The summed E-state index contributed by atoms with van der Waals surface area (Å²) in [6.07, 6.45) is 0. The van der Waals surface area contributed by atoms with Gasteiger partial charge < -0.3 is 23.2 Å². The van der Waals surface area contributed by atoms with Crippen molar-refractivity contribution in [1.29, 1.82) is 0 Å². The van der Waals surface area contributed by atoms with Crippen LogP contribution in [0.15, 0.2) is 342 Å². The molecule has 5 nitrogen and oxygen atoms in total. The Labute approximate surface area is 768 Å². The summed E-state index contributed by atoms with van der Waals surface area (Å²) < 4.78 is 21.9. The molecule has 8 heteroatoms. The van der Waals surface area contributed by atoms with E-state index in [4.69, 9.17) is 8.83 Å². The number of thiophene rings is 2. The summed E-state index contributed by atoms with van der Waals surface area (Å²) in [7, 11) is 0. The highest BCUT2D eigenvalue weighted by Crippen LogP contribution is 2.60. The predicted octanol–water partition coefficient (Wildman–Crippen LogP) is 33.9. The summed E-state index contributed by atoms with van der Waals surface area (Å²) in [6.45, 7) is 35.3. The topological polar surface area (TPSA) is 37.7 Å². The second kappa shape index (κ2) is 28.9. The number of para-hydroxylation sites is 2. The van der Waals surface area contributed by atoms with Gasteiger partial charge in [0.05, 0.1) is 28.1 Å². The fraction of sp³-hybridized carbons (Fsp3) is 0.164. The fourth-order valence-electron chi connectivity index (χ4n) is 21.4. The zero-order chi connectivity index (χ0) is 88.7. The first-order valence-corrected chi connectivity index (χ1v) is 47.6. The largest absolute Gasteiger partial charge is 0.456 e. The molecule has 17 aromatic carbocycles. The minimum atomic E-state index is -0.373. The number of hydrogen-bond acceptors (Lipinski definition) is 6. The average Bonchev–Trinajstić information content (AvgIpc) is 0.842. The summed E-state index contributed by atoms with van der Waals surface area (Å²) in [5.74, 6) is 0. The number of nitrogens with zero attached hydrogens (tertiary/aromatic N) is 3. The Balaban J connectivity index is 0.941. The highest BCUT2D eigenvalue weighted by molar-refractivity contribution is 7.26. The number of aromatic nitrogens is 1. The van der Waals surface area contributed by atoms with Gasteiger partial charge >= 0.3 is 0 Å². The summed E-state index contributed by atoms with van der Waals surface area (Å²) in [6, 6.07) is 129. The van der Waals surface area contributed by atoms with Crippen molar-refractivity contribution in [3.8, 4) is 72.4 Å². The van der Waals surface area contributed by atoms with Gasteiger partial charge in [0.15, 0.2) is 0 Å². The standard InChI is InChI=1S/C122H100BN3O2S2/c1-118(2,3)75-54-58-97-89(62-75)90-63-76(119(4,5)6)55-59-98(90)124(97)80-69-101-115-102(70-80)126(117-92(82-41-29-47-106-112(82)86-37-20-24-45-104(86)128-106)65-79(122(13,14)15)67-94(117)84-43-31-51-110-114(84)88-39-22-26-49-108(88)130-110)100-68-77(120(7,8)9)53-56-95(100)123(115)96-61-74(73-35-27-34-72(60-73)71-32-17-16-18-33-71)52-57-99(96)125(101)116-91(81-40-28-46-105-111(81)85-36-19-23-44-103(85)127-105)64-78(121(10,11)12)66-93(116)83-42-30-50-109-113(83)87-38-21-25-48-107(87)129-109/h16-70H,1-15H3. The molecule has 630 valence electrons. The van der Waals surface area contributed by atoms with Gasteiger partial charge in [0.25, 0.3) is 6.71 Å². The minimum Gasteiger partial charge on any atom is -0.456 e. The van der Waals surface area contributed by atoms with E-state index in [9.17, 15) is 0 Å². The molecular formula is C122H100BN3O2S2. The van der Waals surface area contributed by atoms with Gasteiger partial charge in [-0.3, -0.25) is 0 Å². The maximum Gasteiger partial charge on any atom is 0.252 e. The molecule has 0 fully saturated rings. The van der Waals surface area contributed by atoms with Gasteiger partial charge in [-0.15, -0.1) is 22.7 Å². The summed E-state index contributed by atoms with van der Waals surface area (Å²) >= 11 is 3.76. The van der Waals surface area contributed by atoms with Crippen LogP contribution in [0.1, 0.15) is 132 Å². The molecule has 0 saturated carbocycles. The Hall–Kier alpha value is -13.8. The van der Waals surface area contributed by atoms with Gasteiger partial charge in [-0.2, -0.15) is 0 Å². The van der Waals surface area contributed by atoms with E-state index in [0.29, 0.717) is 0 Å². The molecule has 0 bridgehead atoms. The second-order valence-electron chi connectivity index (χ2n) is 41.5. The molecule has 130 heavy (non-hydrogen) atoms. The van der Waals surface area contributed by atoms with Crippen LogP contribution >= 0.6 is 22.7 Å². The van der Waals surface area contributed by atoms with E-state index >= 15 is 0 Å². The molecule has 2 aliphatic heterocycles. The van der Waals surface area contributed by atoms with Crippen molar-refractivity contribution >= 4 is 186 Å². The highest BCUT2D eigenvalue weighted by Gasteiger charge is 2.48. The Morgan fingerprint density at radius 1 is 0.238 bits per heavy atom. The number of fused-ring (bicyclic) bond motifs is 19. The number of furan rings is 2. The van der Waals surface area contributed by atoms with Crippen molar-refractivity contribution in [2.45, 2.75) is 131 Å². The molecule has 0 radical (unpaired) electrons. The molecule has 5 aromatic heterocycles. The Bertz CT molecular complexity index is 8200. The quantitative estimate of drug-likeness (QED) is 0.135. The lowest BCUT2D eigenvalue weighted by molar-refractivity contribution is 0.590. The van der Waals surface area contributed by atoms with E-state index in [1.165, 1.54) is 118 Å². The minimum absolute atomic E-state index is 0.150. The highest BCUT2D eigenvalue weighted by atomic mass is 32.1. The van der Waals surface area contributed by atoms with E-state index in [0.717, 1.165) is 139 Å². The molecule has 0 unspecified atom stereocenters. The van der Waals surface area contributed by atoms with Gasteiger partial charge in [0, 0.05) is 118 Å². The van der Waals surface area contributed by atoms with Crippen LogP contribution in [0.25, 0.3) is 178 Å². The van der Waals surface area contributed by atoms with E-state index < -0.39 is 0 Å². The van der Waals surface area contributed by atoms with Crippen molar-refractivity contribution < 1.29 is 8.83 Å². The zero-order valence-electron chi connectivity index (χ0n) is 76.3. The predicted molar refractivity (Wildman–Crippen MR) is 561 cm³/mol. The van der Waals surface area contributed by atoms with Crippen LogP contribution < -0.4 is 26.2 Å². The van der Waals surface area contributed by atoms with Crippen molar-refractivity contribution in [2.75, 3.05) is 9.80 Å². The fourth-order valence-corrected chi connectivity index (χ4v) is 23.7. The number of hydrogen-bond donors (Lipinski definition) is 0. The third-order valence-corrected chi connectivity index (χ3v) is 30.4. The molecule has 0 amide bonds. The normalized spacial score (nSPS) is 13.3. The SMILES string of the molecule is CC(C)(C)c1cc(-c2cccc3oc4ccccc4c23)c(N2c3ccc(-c4cccc(-c5ccccc5)c4)cc3B3c4ccc(C(C)(C)C)cc4N(c4c(-c5cccc6oc7ccccc7c56)cc(C(C)(C)C)cc4-c4cccc5sc6ccccc6c45)c4cc(-n5c6ccc(C(C)(C)C)cc6c6cc(C(C)(C)C)ccc65)cc2c43)c(-c2cccc3sc4ccccc4c23)c1. The van der Waals surface area contributed by atoms with Crippen molar-refractivity contribution in [2.24, 2.45) is 0 Å². The van der Waals surface area contributed by atoms with Crippen molar-refractivity contribution in [3.05, 3.63) is 361 Å². The molecule has 7 heterocycles. The van der Waals surface area contributed by atoms with Gasteiger partial charge in [-0.25, -0.2) is 0 Å². The van der Waals surface area contributed by atoms with Crippen LogP contribution in [0.2, 0.25) is 0 Å². The van der Waals surface area contributed by atoms with Crippen molar-refractivity contribution in [3.63, 3.8) is 0 Å². The smallest absolute Gasteiger partial charge is 0.252 e. The molecular weight excluding hydrogens is 1610 g/mol. The van der Waals surface area contributed by atoms with Crippen LogP contribution in [0.5, 0.6) is 0 Å². The maximum atomic E-state index is 7.13. The zero-order valence-corrected chi connectivity index (χ0v) is 77.9. The second-order valence-corrected chi connectivity index (χ2v) is 43.7. The first-order chi connectivity index (χ1) is 62.6. The molecule has 0 saturated heterocycles. The van der Waals surface area contributed by atoms with Gasteiger partial charge in [0.2, 0.25) is 0 Å². The van der Waals surface area contributed by atoms with Crippen LogP contribution in [-0.2, 0) is 27.1 Å². The van der Waals surface area contributed by atoms with Gasteiger partial charge in [-0.1, -0.05) is 310 Å². The Kier molecular flexibility index (Phi) is 17.7. The Morgan fingerprint density at radius 2 is 0.615 bits per heavy atom. The molecule has 0 atom stereocenters. The first-order valence-electron chi connectivity index (χ1n) is 45.9.